The van der Waals surface area contributed by atoms with Gasteiger partial charge in [0.05, 0.1) is 17.5 Å². The zero-order chi connectivity index (χ0) is 21.9. The van der Waals surface area contributed by atoms with Gasteiger partial charge in [0, 0.05) is 23.7 Å². The van der Waals surface area contributed by atoms with Crippen LogP contribution in [0.25, 0.3) is 0 Å². The largest absolute Gasteiger partial charge is 0.481 e. The number of halogens is 1. The molecule has 158 valence electrons. The van der Waals surface area contributed by atoms with Crippen molar-refractivity contribution in [3.8, 4) is 0 Å². The Bertz CT molecular complexity index is 1150. The van der Waals surface area contributed by atoms with E-state index in [2.05, 4.69) is 10.6 Å². The van der Waals surface area contributed by atoms with Gasteiger partial charge in [0.15, 0.2) is 0 Å². The molecule has 0 aromatic heterocycles. The number of fused-ring (bicyclic) bond motifs is 4. The van der Waals surface area contributed by atoms with E-state index < -0.39 is 52.9 Å². The van der Waals surface area contributed by atoms with Crippen molar-refractivity contribution in [3.63, 3.8) is 0 Å². The van der Waals surface area contributed by atoms with Gasteiger partial charge in [-0.1, -0.05) is 30.3 Å². The summed E-state index contributed by atoms with van der Waals surface area (Å²) in [7, 11) is 0. The highest BCUT2D eigenvalue weighted by Gasteiger charge is 2.70. The van der Waals surface area contributed by atoms with E-state index in [-0.39, 0.29) is 18.5 Å². The highest BCUT2D eigenvalue weighted by Crippen LogP contribution is 2.54. The van der Waals surface area contributed by atoms with Crippen molar-refractivity contribution in [2.75, 3.05) is 10.2 Å². The molecule has 2 saturated heterocycles. The number of carboxylic acids is 1. The average Bonchev–Trinajstić information content (AvgIpc) is 3.32. The minimum atomic E-state index is -1.53. The van der Waals surface area contributed by atoms with E-state index in [0.717, 1.165) is 11.0 Å². The number of carbonyl (C=O) groups excluding carboxylic acids is 3. The molecule has 2 aromatic carbocycles. The number of aliphatic carboxylic acids is 1. The van der Waals surface area contributed by atoms with E-state index in [0.29, 0.717) is 11.3 Å². The Morgan fingerprint density at radius 2 is 1.77 bits per heavy atom. The molecule has 4 unspecified atom stereocenters. The second-order valence-corrected chi connectivity index (χ2v) is 7.96. The number of benzene rings is 2. The molecule has 0 bridgehead atoms. The zero-order valence-electron chi connectivity index (χ0n) is 16.2. The normalized spacial score (nSPS) is 28.7. The van der Waals surface area contributed by atoms with Crippen LogP contribution in [-0.4, -0.2) is 34.8 Å². The van der Waals surface area contributed by atoms with Crippen molar-refractivity contribution >= 4 is 35.1 Å². The van der Waals surface area contributed by atoms with Gasteiger partial charge in [0.25, 0.3) is 0 Å². The maximum Gasteiger partial charge on any atom is 0.303 e. The van der Waals surface area contributed by atoms with Gasteiger partial charge in [-0.25, -0.2) is 9.29 Å². The number of nitrogens with zero attached hydrogens (tertiary/aromatic N) is 1. The molecule has 3 aliphatic rings. The fraction of sp³-hybridized carbons (Fsp3) is 0.273. The van der Waals surface area contributed by atoms with Gasteiger partial charge in [-0.2, -0.15) is 0 Å². The van der Waals surface area contributed by atoms with E-state index in [4.69, 9.17) is 5.11 Å². The first kappa shape index (κ1) is 19.4. The van der Waals surface area contributed by atoms with Crippen LogP contribution in [0.5, 0.6) is 0 Å². The summed E-state index contributed by atoms with van der Waals surface area (Å²) in [6.45, 7) is 0. The monoisotopic (exact) mass is 423 g/mol. The Morgan fingerprint density at radius 1 is 1.06 bits per heavy atom. The van der Waals surface area contributed by atoms with Crippen LogP contribution in [0.15, 0.2) is 48.5 Å². The van der Waals surface area contributed by atoms with Crippen molar-refractivity contribution in [1.82, 2.24) is 5.32 Å². The molecule has 9 heteroatoms. The van der Waals surface area contributed by atoms with Crippen LogP contribution < -0.4 is 15.5 Å². The summed E-state index contributed by atoms with van der Waals surface area (Å²) in [5.41, 5.74) is -0.672. The molecule has 0 aliphatic carbocycles. The highest BCUT2D eigenvalue weighted by molar-refractivity contribution is 6.25. The number of imide groups is 1. The average molecular weight is 423 g/mol. The van der Waals surface area contributed by atoms with Crippen molar-refractivity contribution in [2.24, 2.45) is 11.8 Å². The Labute approximate surface area is 176 Å². The predicted molar refractivity (Wildman–Crippen MR) is 106 cm³/mol. The summed E-state index contributed by atoms with van der Waals surface area (Å²) in [6.07, 6.45) is -0.209. The topological polar surface area (TPSA) is 116 Å². The third-order valence-corrected chi connectivity index (χ3v) is 6.38. The second-order valence-electron chi connectivity index (χ2n) is 7.96. The number of amides is 3. The first-order valence-electron chi connectivity index (χ1n) is 9.89. The molecule has 2 fully saturated rings. The summed E-state index contributed by atoms with van der Waals surface area (Å²) in [5.74, 6) is -5.72. The van der Waals surface area contributed by atoms with Gasteiger partial charge in [0.1, 0.15) is 11.4 Å². The van der Waals surface area contributed by atoms with Crippen LogP contribution in [0.4, 0.5) is 15.8 Å². The number of nitrogens with one attached hydrogen (secondary N) is 2. The first-order chi connectivity index (χ1) is 14.9. The second kappa shape index (κ2) is 6.71. The van der Waals surface area contributed by atoms with Gasteiger partial charge in [-0.15, -0.1) is 0 Å². The third kappa shape index (κ3) is 2.56. The summed E-state index contributed by atoms with van der Waals surface area (Å²) >= 11 is 0. The molecule has 2 aromatic rings. The smallest absolute Gasteiger partial charge is 0.303 e. The maximum absolute atomic E-state index is 14.5. The molecule has 3 heterocycles. The number of hydrogen-bond donors (Lipinski definition) is 3. The van der Waals surface area contributed by atoms with Gasteiger partial charge in [-0.05, 0) is 24.6 Å². The van der Waals surface area contributed by atoms with Gasteiger partial charge in [-0.3, -0.25) is 24.5 Å². The Kier molecular flexibility index (Phi) is 4.19. The van der Waals surface area contributed by atoms with Gasteiger partial charge in [0.2, 0.25) is 17.7 Å². The lowest BCUT2D eigenvalue weighted by Crippen LogP contribution is -2.53. The predicted octanol–water partition coefficient (Wildman–Crippen LogP) is 1.62. The number of anilines is 2. The Morgan fingerprint density at radius 3 is 2.52 bits per heavy atom. The third-order valence-electron chi connectivity index (χ3n) is 6.38. The first-order valence-corrected chi connectivity index (χ1v) is 9.89. The van der Waals surface area contributed by atoms with E-state index in [9.17, 15) is 23.6 Å². The van der Waals surface area contributed by atoms with E-state index >= 15 is 0 Å². The Hall–Kier alpha value is -3.59. The van der Waals surface area contributed by atoms with Crippen molar-refractivity contribution < 1.29 is 28.7 Å². The lowest BCUT2D eigenvalue weighted by Gasteiger charge is -2.29. The molecule has 0 radical (unpaired) electrons. The van der Waals surface area contributed by atoms with E-state index in [1.54, 1.807) is 24.3 Å². The number of carboxylic acid groups (broad SMARTS) is 1. The molecule has 5 rings (SSSR count). The molecule has 8 nitrogen and oxygen atoms in total. The molecule has 3 N–H and O–H groups in total. The highest BCUT2D eigenvalue weighted by atomic mass is 19.1. The number of hydrogen-bond acceptors (Lipinski definition) is 5. The number of para-hydroxylation sites is 2. The van der Waals surface area contributed by atoms with Crippen LogP contribution in [0, 0.1) is 17.7 Å². The van der Waals surface area contributed by atoms with Crippen LogP contribution in [-0.2, 0) is 24.7 Å². The fourth-order valence-electron chi connectivity index (χ4n) is 5.16. The lowest BCUT2D eigenvalue weighted by atomic mass is 9.76. The van der Waals surface area contributed by atoms with Crippen LogP contribution in [0.1, 0.15) is 18.4 Å². The van der Waals surface area contributed by atoms with Gasteiger partial charge < -0.3 is 10.4 Å². The minimum Gasteiger partial charge on any atom is -0.481 e. The lowest BCUT2D eigenvalue weighted by molar-refractivity contribution is -0.137. The summed E-state index contributed by atoms with van der Waals surface area (Å²) < 4.78 is 14.5. The maximum atomic E-state index is 14.5. The van der Waals surface area contributed by atoms with E-state index in [1.165, 1.54) is 18.2 Å². The summed E-state index contributed by atoms with van der Waals surface area (Å²) in [6, 6.07) is 11.5. The number of rotatable bonds is 4. The quantitative estimate of drug-likeness (QED) is 0.644. The van der Waals surface area contributed by atoms with Crippen LogP contribution >= 0.6 is 0 Å². The van der Waals surface area contributed by atoms with Crippen LogP contribution in [0.3, 0.4) is 0 Å². The molecular formula is C22H18FN3O5. The fourth-order valence-corrected chi connectivity index (χ4v) is 5.16. The van der Waals surface area contributed by atoms with E-state index in [1.807, 2.05) is 0 Å². The summed E-state index contributed by atoms with van der Waals surface area (Å²) in [5, 5.41) is 15.0. The molecule has 4 atom stereocenters. The molecule has 1 spiro atoms. The SMILES string of the molecule is O=C(O)CCC1NC2(C(=O)Nc3ccccc32)C2C(=O)N(c3ccccc3F)C(=O)C12. The molecule has 31 heavy (non-hydrogen) atoms. The Balaban J connectivity index is 1.66. The van der Waals surface area contributed by atoms with Crippen molar-refractivity contribution in [3.05, 3.63) is 59.9 Å². The molecular weight excluding hydrogens is 405 g/mol. The van der Waals surface area contributed by atoms with Crippen molar-refractivity contribution in [1.29, 1.82) is 0 Å². The van der Waals surface area contributed by atoms with Gasteiger partial charge >= 0.3 is 5.97 Å². The zero-order valence-corrected chi connectivity index (χ0v) is 16.2. The standard InChI is InChI=1S/C22H18FN3O5/c23-12-6-2-4-8-15(12)26-19(29)17-14(9-10-16(27)28)25-22(18(17)20(26)30)11-5-1-3-7-13(11)24-21(22)31/h1-8,14,17-18,25H,9-10H2,(H,24,31)(H,27,28). The van der Waals surface area contributed by atoms with Crippen LogP contribution in [0.2, 0.25) is 0 Å². The minimum absolute atomic E-state index is 0.0395. The van der Waals surface area contributed by atoms with Crippen molar-refractivity contribution in [2.45, 2.75) is 24.4 Å². The molecule has 0 saturated carbocycles. The molecule has 3 aliphatic heterocycles. The number of carbonyl (C=O) groups is 4. The summed E-state index contributed by atoms with van der Waals surface area (Å²) in [4.78, 5) is 52.1. The molecule has 3 amide bonds.